The van der Waals surface area contributed by atoms with Crippen LogP contribution in [0.15, 0.2) is 70.3 Å². The first-order chi connectivity index (χ1) is 13.5. The highest BCUT2D eigenvalue weighted by atomic mass is 35.5. The first-order valence-electron chi connectivity index (χ1n) is 8.64. The molecule has 28 heavy (non-hydrogen) atoms. The van der Waals surface area contributed by atoms with Crippen LogP contribution in [0.25, 0.3) is 0 Å². The number of hydrogen-bond acceptors (Lipinski definition) is 5. The second-order valence-electron chi connectivity index (χ2n) is 6.60. The van der Waals surface area contributed by atoms with Crippen LogP contribution >= 0.6 is 34.7 Å². The highest BCUT2D eigenvalue weighted by molar-refractivity contribution is 8.01. The number of ketones is 1. The second-order valence-corrected chi connectivity index (χ2v) is 8.94. The number of halogens is 1. The van der Waals surface area contributed by atoms with Gasteiger partial charge in [0.1, 0.15) is 5.25 Å². The number of Topliss-reactive ketones (excluding diaryl/α,β-unsaturated/α-hetero) is 1. The lowest BCUT2D eigenvalue weighted by molar-refractivity contribution is -0.132. The van der Waals surface area contributed by atoms with Crippen LogP contribution in [0.3, 0.4) is 0 Å². The number of thioether (sulfide) groups is 1. The van der Waals surface area contributed by atoms with Crippen molar-refractivity contribution in [3.8, 4) is 0 Å². The summed E-state index contributed by atoms with van der Waals surface area (Å²) in [5.74, 6) is -0.461. The van der Waals surface area contributed by atoms with E-state index in [1.807, 2.05) is 53.2 Å². The summed E-state index contributed by atoms with van der Waals surface area (Å²) in [6.45, 7) is 0. The van der Waals surface area contributed by atoms with Gasteiger partial charge < -0.3 is 11.1 Å². The maximum absolute atomic E-state index is 13.1. The molecule has 142 valence electrons. The standard InChI is InChI=1S/C21H17ClN2O2S2/c22-16-6-1-2-7-18(16)28-19-17(25)11-21(24-20(19)26,14-8-9-27-12-14)13-4-3-5-15(23)10-13/h1-10,12,19H,11,23H2,(H,24,26)/t19-,21-/m0/s1. The highest BCUT2D eigenvalue weighted by Gasteiger charge is 2.47. The van der Waals surface area contributed by atoms with Gasteiger partial charge in [-0.25, -0.2) is 0 Å². The highest BCUT2D eigenvalue weighted by Crippen LogP contribution is 2.41. The summed E-state index contributed by atoms with van der Waals surface area (Å²) < 4.78 is 0. The maximum atomic E-state index is 13.1. The number of rotatable bonds is 4. The summed E-state index contributed by atoms with van der Waals surface area (Å²) in [6, 6.07) is 16.5. The molecular weight excluding hydrogens is 412 g/mol. The van der Waals surface area contributed by atoms with Crippen molar-refractivity contribution in [1.82, 2.24) is 5.32 Å². The summed E-state index contributed by atoms with van der Waals surface area (Å²) in [7, 11) is 0. The van der Waals surface area contributed by atoms with E-state index in [-0.39, 0.29) is 18.1 Å². The summed E-state index contributed by atoms with van der Waals surface area (Å²) in [6.07, 6.45) is 0.154. The van der Waals surface area contributed by atoms with Gasteiger partial charge in [-0.2, -0.15) is 11.3 Å². The van der Waals surface area contributed by atoms with E-state index < -0.39 is 10.8 Å². The SMILES string of the molecule is Nc1cccc([C@]2(c3ccsc3)CC(=O)[C@H](Sc3ccccc3Cl)C(=O)N2)c1. The molecule has 1 saturated heterocycles. The molecule has 1 fully saturated rings. The van der Waals surface area contributed by atoms with Crippen molar-refractivity contribution in [2.45, 2.75) is 22.1 Å². The van der Waals surface area contributed by atoms with Gasteiger partial charge in [0.25, 0.3) is 0 Å². The van der Waals surface area contributed by atoms with Crippen molar-refractivity contribution in [2.24, 2.45) is 0 Å². The molecule has 4 nitrogen and oxygen atoms in total. The summed E-state index contributed by atoms with van der Waals surface area (Å²) in [4.78, 5) is 26.9. The van der Waals surface area contributed by atoms with Crippen molar-refractivity contribution in [3.63, 3.8) is 0 Å². The second kappa shape index (κ2) is 7.62. The third kappa shape index (κ3) is 3.43. The predicted molar refractivity (Wildman–Crippen MR) is 115 cm³/mol. The normalized spacial score (nSPS) is 22.1. The van der Waals surface area contributed by atoms with Crippen LogP contribution in [-0.4, -0.2) is 16.9 Å². The fourth-order valence-electron chi connectivity index (χ4n) is 3.43. The Kier molecular flexibility index (Phi) is 5.19. The smallest absolute Gasteiger partial charge is 0.242 e. The Bertz CT molecular complexity index is 1020. The van der Waals surface area contributed by atoms with E-state index in [9.17, 15) is 9.59 Å². The first kappa shape index (κ1) is 19.1. The fourth-order valence-corrected chi connectivity index (χ4v) is 5.41. The van der Waals surface area contributed by atoms with Crippen LogP contribution in [0, 0.1) is 0 Å². The van der Waals surface area contributed by atoms with Crippen LogP contribution in [0.5, 0.6) is 0 Å². The third-order valence-corrected chi connectivity index (χ3v) is 7.23. The van der Waals surface area contributed by atoms with Crippen LogP contribution < -0.4 is 11.1 Å². The topological polar surface area (TPSA) is 72.2 Å². The van der Waals surface area contributed by atoms with Crippen LogP contribution in [0.4, 0.5) is 5.69 Å². The molecule has 0 unspecified atom stereocenters. The molecule has 0 bridgehead atoms. The van der Waals surface area contributed by atoms with Crippen LogP contribution in [0.2, 0.25) is 5.02 Å². The average Bonchev–Trinajstić information content (AvgIpc) is 3.21. The minimum Gasteiger partial charge on any atom is -0.399 e. The Morgan fingerprint density at radius 2 is 1.93 bits per heavy atom. The molecule has 0 radical (unpaired) electrons. The molecule has 4 rings (SSSR count). The minimum absolute atomic E-state index is 0.137. The number of hydrogen-bond donors (Lipinski definition) is 2. The molecule has 1 aliphatic rings. The van der Waals surface area contributed by atoms with E-state index in [2.05, 4.69) is 5.32 Å². The van der Waals surface area contributed by atoms with E-state index in [0.29, 0.717) is 15.6 Å². The molecule has 3 N–H and O–H groups in total. The molecule has 0 aliphatic carbocycles. The lowest BCUT2D eigenvalue weighted by atomic mass is 9.77. The molecule has 7 heteroatoms. The Morgan fingerprint density at radius 1 is 1.11 bits per heavy atom. The van der Waals surface area contributed by atoms with Gasteiger partial charge in [0, 0.05) is 17.0 Å². The monoisotopic (exact) mass is 428 g/mol. The maximum Gasteiger partial charge on any atom is 0.242 e. The number of nitrogens with two attached hydrogens (primary N) is 1. The number of benzene rings is 2. The van der Waals surface area contributed by atoms with E-state index in [0.717, 1.165) is 11.1 Å². The van der Waals surface area contributed by atoms with Crippen LogP contribution in [-0.2, 0) is 15.1 Å². The fraction of sp³-hybridized carbons (Fsp3) is 0.143. The number of anilines is 1. The van der Waals surface area contributed by atoms with E-state index >= 15 is 0 Å². The summed E-state index contributed by atoms with van der Waals surface area (Å²) >= 11 is 8.92. The van der Waals surface area contributed by atoms with E-state index in [4.69, 9.17) is 17.3 Å². The van der Waals surface area contributed by atoms with Crippen molar-refractivity contribution >= 4 is 52.1 Å². The van der Waals surface area contributed by atoms with Gasteiger partial charge in [0.05, 0.1) is 10.6 Å². The number of carbonyl (C=O) groups excluding carboxylic acids is 2. The molecule has 0 saturated carbocycles. The van der Waals surface area contributed by atoms with Gasteiger partial charge in [0.2, 0.25) is 5.91 Å². The van der Waals surface area contributed by atoms with E-state index in [1.165, 1.54) is 23.1 Å². The number of thiophene rings is 1. The quantitative estimate of drug-likeness (QED) is 0.474. The number of nitrogens with one attached hydrogen (secondary N) is 1. The summed E-state index contributed by atoms with van der Waals surface area (Å²) in [5, 5.41) is 6.70. The third-order valence-electron chi connectivity index (χ3n) is 4.78. The van der Waals surface area contributed by atoms with Gasteiger partial charge in [-0.1, -0.05) is 35.9 Å². The molecule has 2 aromatic carbocycles. The van der Waals surface area contributed by atoms with Crippen molar-refractivity contribution < 1.29 is 9.59 Å². The average molecular weight is 429 g/mol. The minimum atomic E-state index is -0.916. The Balaban J connectivity index is 1.71. The zero-order valence-corrected chi connectivity index (χ0v) is 17.1. The number of nitrogen functional groups attached to an aromatic ring is 1. The number of carbonyl (C=O) groups is 2. The number of piperidine rings is 1. The van der Waals surface area contributed by atoms with Crippen LogP contribution in [0.1, 0.15) is 17.5 Å². The van der Waals surface area contributed by atoms with E-state index in [1.54, 1.807) is 12.1 Å². The lowest BCUT2D eigenvalue weighted by Gasteiger charge is -2.40. The van der Waals surface area contributed by atoms with Gasteiger partial charge in [-0.3, -0.25) is 9.59 Å². The van der Waals surface area contributed by atoms with Gasteiger partial charge in [-0.15, -0.1) is 11.8 Å². The van der Waals surface area contributed by atoms with Gasteiger partial charge in [0.15, 0.2) is 5.78 Å². The molecule has 2 atom stereocenters. The Morgan fingerprint density at radius 3 is 2.61 bits per heavy atom. The molecule has 1 aliphatic heterocycles. The molecular formula is C21H17ClN2O2S2. The Labute approximate surface area is 176 Å². The molecule has 1 amide bonds. The predicted octanol–water partition coefficient (Wildman–Crippen LogP) is 4.48. The van der Waals surface area contributed by atoms with Gasteiger partial charge in [-0.05, 0) is 52.2 Å². The largest absolute Gasteiger partial charge is 0.399 e. The summed E-state index contributed by atoms with van der Waals surface area (Å²) in [5.41, 5.74) is 7.33. The van der Waals surface area contributed by atoms with Crippen molar-refractivity contribution in [3.05, 3.63) is 81.5 Å². The van der Waals surface area contributed by atoms with Crippen molar-refractivity contribution in [2.75, 3.05) is 5.73 Å². The first-order valence-corrected chi connectivity index (χ1v) is 10.8. The molecule has 1 aromatic heterocycles. The zero-order valence-electron chi connectivity index (χ0n) is 14.7. The zero-order chi connectivity index (χ0) is 19.7. The molecule has 2 heterocycles. The lowest BCUT2D eigenvalue weighted by Crippen LogP contribution is -2.58. The number of amides is 1. The molecule has 0 spiro atoms. The van der Waals surface area contributed by atoms with Gasteiger partial charge >= 0.3 is 0 Å². The van der Waals surface area contributed by atoms with Crippen molar-refractivity contribution in [1.29, 1.82) is 0 Å². The molecule has 3 aromatic rings. The Hall–Kier alpha value is -2.28.